The number of allylic oxidation sites excluding steroid dienone is 4. The first-order chi connectivity index (χ1) is 34.5. The van der Waals surface area contributed by atoms with Crippen molar-refractivity contribution in [2.45, 2.75) is 67.5 Å². The molecule has 2 heterocycles. The fraction of sp³-hybridized carbons (Fsp3) is 0.417. The van der Waals surface area contributed by atoms with Gasteiger partial charge in [0.15, 0.2) is 11.5 Å². The lowest BCUT2D eigenvalue weighted by atomic mass is 9.98. The second kappa shape index (κ2) is 32.0. The summed E-state index contributed by atoms with van der Waals surface area (Å²) in [7, 11) is 3.32. The number of carbonyl (C=O) groups excluding carboxylic acids is 1. The van der Waals surface area contributed by atoms with Gasteiger partial charge in [-0.15, -0.1) is 0 Å². The van der Waals surface area contributed by atoms with Gasteiger partial charge in [0.2, 0.25) is 5.91 Å². The fourth-order valence-electron chi connectivity index (χ4n) is 8.33. The molecule has 5 aromatic rings. The monoisotopic (exact) mass is 969 g/mol. The van der Waals surface area contributed by atoms with Gasteiger partial charge in [0.1, 0.15) is 24.7 Å². The minimum Gasteiger partial charge on any atom is -0.497 e. The summed E-state index contributed by atoms with van der Waals surface area (Å²) in [5, 5.41) is 2.74. The van der Waals surface area contributed by atoms with E-state index in [1.54, 1.807) is 21.1 Å². The number of methoxy groups -OCH3 is 2. The molecule has 5 aromatic carbocycles. The Hall–Kier alpha value is -6.11. The van der Waals surface area contributed by atoms with E-state index in [0.29, 0.717) is 32.2 Å². The molecule has 0 unspecified atom stereocenters. The van der Waals surface area contributed by atoms with Crippen molar-refractivity contribution in [2.75, 3.05) is 92.9 Å². The van der Waals surface area contributed by atoms with Crippen molar-refractivity contribution in [3.63, 3.8) is 0 Å². The molecule has 0 aromatic heterocycles. The van der Waals surface area contributed by atoms with E-state index in [1.165, 1.54) is 27.5 Å². The predicted octanol–water partition coefficient (Wildman–Crippen LogP) is 10.2. The van der Waals surface area contributed by atoms with Crippen LogP contribution >= 0.6 is 0 Å². The molecule has 11 nitrogen and oxygen atoms in total. The summed E-state index contributed by atoms with van der Waals surface area (Å²) in [6.45, 7) is 28.4. The van der Waals surface area contributed by atoms with Crippen molar-refractivity contribution >= 4 is 16.7 Å². The standard InChI is InChI=1S/C23H35N3O.C16H25N3O3.C12H12.C9H12O/c1-5-6-10-23(19(2)3)20(4)26-13-11-25(12-14-26)15-16-27-22-9-7-8-21(17-22)18-24;1-13(20)19-7-5-18(6-8-19)9-10-22-16-11-14(12-17)3-4-15(16)21-2;1-2-10-7-5-8-11-6-3-4-9-12(10)11;1-3-8-5-4-6-9(7-8)10-2/h5-10,17,19H,4,11-16,18,24H2,1-3H3;3-4,11H,5-10,12,17H2,1-2H3;3-9H,2H2,1H3;4-7H,3H2,1-2H3/b6-5-,23-10+;;;. The molecule has 2 saturated heterocycles. The highest BCUT2D eigenvalue weighted by atomic mass is 16.5. The number of piperazine rings is 2. The summed E-state index contributed by atoms with van der Waals surface area (Å²) in [4.78, 5) is 20.4. The van der Waals surface area contributed by atoms with Crippen molar-refractivity contribution < 1.29 is 23.7 Å². The van der Waals surface area contributed by atoms with Crippen molar-refractivity contribution in [2.24, 2.45) is 17.4 Å². The van der Waals surface area contributed by atoms with Crippen molar-refractivity contribution in [1.29, 1.82) is 0 Å². The molecular formula is C60H84N6O5. The van der Waals surface area contributed by atoms with Crippen LogP contribution < -0.4 is 30.4 Å². The molecule has 2 fully saturated rings. The van der Waals surface area contributed by atoms with E-state index in [4.69, 9.17) is 30.4 Å². The average molecular weight is 969 g/mol. The third-order valence-corrected chi connectivity index (χ3v) is 12.7. The van der Waals surface area contributed by atoms with Crippen LogP contribution in [-0.4, -0.2) is 118 Å². The Balaban J connectivity index is 0.000000221. The zero-order chi connectivity index (χ0) is 51.4. The lowest BCUT2D eigenvalue weighted by molar-refractivity contribution is -0.130. The van der Waals surface area contributed by atoms with Crippen LogP contribution in [0.4, 0.5) is 0 Å². The van der Waals surface area contributed by atoms with Gasteiger partial charge in [-0.25, -0.2) is 0 Å². The van der Waals surface area contributed by atoms with Crippen LogP contribution in [0.25, 0.3) is 10.8 Å². The quantitative estimate of drug-likeness (QED) is 0.0822. The van der Waals surface area contributed by atoms with E-state index in [9.17, 15) is 4.79 Å². The Labute approximate surface area is 426 Å². The van der Waals surface area contributed by atoms with Crippen molar-refractivity contribution in [3.05, 3.63) is 168 Å². The fourth-order valence-corrected chi connectivity index (χ4v) is 8.33. The van der Waals surface area contributed by atoms with E-state index in [1.807, 2.05) is 66.4 Å². The first kappa shape index (κ1) is 57.5. The van der Waals surface area contributed by atoms with Crippen LogP contribution in [0.5, 0.6) is 23.0 Å². The van der Waals surface area contributed by atoms with Crippen LogP contribution in [0, 0.1) is 5.92 Å². The number of aryl methyl sites for hydroxylation is 2. The topological polar surface area (TPSA) is 119 Å². The highest BCUT2D eigenvalue weighted by Crippen LogP contribution is 2.28. The number of fused-ring (bicyclic) bond motifs is 1. The number of amides is 1. The molecule has 0 bridgehead atoms. The Morgan fingerprint density at radius 1 is 0.648 bits per heavy atom. The van der Waals surface area contributed by atoms with E-state index in [-0.39, 0.29) is 5.91 Å². The Kier molecular flexibility index (Phi) is 25.9. The normalized spacial score (nSPS) is 14.2. The van der Waals surface area contributed by atoms with Gasteiger partial charge in [-0.2, -0.15) is 0 Å². The summed E-state index contributed by atoms with van der Waals surface area (Å²) < 4.78 is 22.1. The summed E-state index contributed by atoms with van der Waals surface area (Å²) in [6.07, 6.45) is 8.55. The third kappa shape index (κ3) is 19.5. The highest BCUT2D eigenvalue weighted by molar-refractivity contribution is 5.85. The molecule has 0 spiro atoms. The molecule has 2 aliphatic heterocycles. The first-order valence-corrected chi connectivity index (χ1v) is 25.5. The number of rotatable bonds is 18. The molecule has 384 valence electrons. The van der Waals surface area contributed by atoms with Crippen LogP contribution in [0.3, 0.4) is 0 Å². The van der Waals surface area contributed by atoms with Gasteiger partial charge in [-0.1, -0.05) is 125 Å². The second-order valence-corrected chi connectivity index (χ2v) is 17.9. The minimum absolute atomic E-state index is 0.152. The Morgan fingerprint density at radius 3 is 1.82 bits per heavy atom. The maximum Gasteiger partial charge on any atom is 0.219 e. The van der Waals surface area contributed by atoms with E-state index in [2.05, 4.69) is 122 Å². The van der Waals surface area contributed by atoms with Crippen LogP contribution in [0.1, 0.15) is 63.8 Å². The lowest BCUT2D eigenvalue weighted by Crippen LogP contribution is -2.48. The molecular weight excluding hydrogens is 885 g/mol. The molecule has 0 saturated carbocycles. The van der Waals surface area contributed by atoms with Crippen LogP contribution in [-0.2, 0) is 30.7 Å². The third-order valence-electron chi connectivity index (χ3n) is 12.7. The SMILES string of the molecule is C=C(/C(=C/C=C\C)C(C)C)N1CCN(CCOc2cccc(CN)c2)CC1.CCc1cccc(OC)c1.CCc1cccc2ccccc12.COc1ccc(CN)cc1OCCN1CCN(C(C)=O)CC1. The maximum absolute atomic E-state index is 11.3. The zero-order valence-electron chi connectivity index (χ0n) is 44.2. The van der Waals surface area contributed by atoms with Crippen molar-refractivity contribution in [3.8, 4) is 23.0 Å². The Morgan fingerprint density at radius 2 is 1.23 bits per heavy atom. The first-order valence-electron chi connectivity index (χ1n) is 25.5. The van der Waals surface area contributed by atoms with Crippen molar-refractivity contribution in [1.82, 2.24) is 19.6 Å². The highest BCUT2D eigenvalue weighted by Gasteiger charge is 2.21. The van der Waals surface area contributed by atoms with Gasteiger partial charge in [-0.3, -0.25) is 14.6 Å². The minimum atomic E-state index is 0.152. The van der Waals surface area contributed by atoms with Gasteiger partial charge in [0, 0.05) is 91.2 Å². The summed E-state index contributed by atoms with van der Waals surface area (Å²) in [5.74, 6) is 3.93. The van der Waals surface area contributed by atoms with E-state index < -0.39 is 0 Å². The number of hydrogen-bond donors (Lipinski definition) is 2. The van der Waals surface area contributed by atoms with Gasteiger partial charge >= 0.3 is 0 Å². The molecule has 4 N–H and O–H groups in total. The molecule has 71 heavy (non-hydrogen) atoms. The number of nitrogens with zero attached hydrogens (tertiary/aromatic N) is 4. The van der Waals surface area contributed by atoms with Crippen LogP contribution in [0.2, 0.25) is 0 Å². The van der Waals surface area contributed by atoms with Gasteiger partial charge in [0.05, 0.1) is 14.2 Å². The molecule has 2 aliphatic rings. The molecule has 7 rings (SSSR count). The second-order valence-electron chi connectivity index (χ2n) is 17.9. The summed E-state index contributed by atoms with van der Waals surface area (Å²) >= 11 is 0. The average Bonchev–Trinajstić information content (AvgIpc) is 3.41. The maximum atomic E-state index is 11.3. The largest absolute Gasteiger partial charge is 0.497 e. The number of benzene rings is 5. The molecule has 0 radical (unpaired) electrons. The molecule has 0 atom stereocenters. The summed E-state index contributed by atoms with van der Waals surface area (Å²) in [5.41, 5.74) is 18.7. The smallest absolute Gasteiger partial charge is 0.219 e. The van der Waals surface area contributed by atoms with Gasteiger partial charge < -0.3 is 40.2 Å². The number of ether oxygens (including phenoxy) is 4. The zero-order valence-corrected chi connectivity index (χ0v) is 44.2. The number of hydrogen-bond acceptors (Lipinski definition) is 10. The molecule has 11 heteroatoms. The van der Waals surface area contributed by atoms with Gasteiger partial charge in [0.25, 0.3) is 0 Å². The molecule has 0 aliphatic carbocycles. The van der Waals surface area contributed by atoms with Gasteiger partial charge in [-0.05, 0) is 101 Å². The van der Waals surface area contributed by atoms with E-state index >= 15 is 0 Å². The predicted molar refractivity (Wildman–Crippen MR) is 295 cm³/mol. The summed E-state index contributed by atoms with van der Waals surface area (Å²) in [6, 6.07) is 36.9. The molecule has 1 amide bonds. The van der Waals surface area contributed by atoms with Crippen LogP contribution in [0.15, 0.2) is 145 Å². The Bertz CT molecular complexity index is 2380. The number of nitrogens with two attached hydrogens (primary N) is 2. The number of carbonyl (C=O) groups is 1. The van der Waals surface area contributed by atoms with E-state index in [0.717, 1.165) is 118 Å². The lowest BCUT2D eigenvalue weighted by Gasteiger charge is -2.38.